The third kappa shape index (κ3) is 5.02. The van der Waals surface area contributed by atoms with Crippen LogP contribution in [0.1, 0.15) is 33.6 Å². The van der Waals surface area contributed by atoms with E-state index in [-0.39, 0.29) is 12.1 Å². The zero-order chi connectivity index (χ0) is 11.3. The molecule has 1 saturated heterocycles. The van der Waals surface area contributed by atoms with Crippen molar-refractivity contribution in [2.75, 3.05) is 13.2 Å². The molecule has 4 nitrogen and oxygen atoms in total. The highest BCUT2D eigenvalue weighted by molar-refractivity contribution is 5.67. The molecule has 1 fully saturated rings. The second-order valence-corrected chi connectivity index (χ2v) is 4.72. The Morgan fingerprint density at radius 2 is 2.27 bits per heavy atom. The zero-order valence-electron chi connectivity index (χ0n) is 9.88. The standard InChI is InChI=1S/C11H22N2O2/c1-8(2)7-15-11(14)13-10-5-4-9(3)12-6-10/h8-10,12H,4-7H2,1-3H3,(H,13,14). The number of carbonyl (C=O) groups is 1. The lowest BCUT2D eigenvalue weighted by Crippen LogP contribution is -2.48. The minimum absolute atomic E-state index is 0.223. The van der Waals surface area contributed by atoms with Crippen molar-refractivity contribution in [3.63, 3.8) is 0 Å². The maximum absolute atomic E-state index is 11.3. The molecule has 2 unspecified atom stereocenters. The molecule has 2 atom stereocenters. The fraction of sp³-hybridized carbons (Fsp3) is 0.909. The fourth-order valence-electron chi connectivity index (χ4n) is 1.57. The van der Waals surface area contributed by atoms with Crippen molar-refractivity contribution in [3.05, 3.63) is 0 Å². The molecule has 1 aliphatic rings. The number of carbonyl (C=O) groups excluding carboxylic acids is 1. The second-order valence-electron chi connectivity index (χ2n) is 4.72. The van der Waals surface area contributed by atoms with Gasteiger partial charge in [-0.05, 0) is 25.7 Å². The van der Waals surface area contributed by atoms with Gasteiger partial charge in [0.2, 0.25) is 0 Å². The highest BCUT2D eigenvalue weighted by Crippen LogP contribution is 2.07. The van der Waals surface area contributed by atoms with Crippen LogP contribution >= 0.6 is 0 Å². The first-order valence-corrected chi connectivity index (χ1v) is 5.74. The van der Waals surface area contributed by atoms with Crippen molar-refractivity contribution in [2.24, 2.45) is 5.92 Å². The molecule has 0 aliphatic carbocycles. The van der Waals surface area contributed by atoms with Gasteiger partial charge in [-0.1, -0.05) is 13.8 Å². The SMILES string of the molecule is CC(C)COC(=O)NC1CCC(C)NC1. The Labute approximate surface area is 91.8 Å². The Hall–Kier alpha value is -0.770. The van der Waals surface area contributed by atoms with Crippen molar-refractivity contribution in [1.29, 1.82) is 0 Å². The molecule has 88 valence electrons. The van der Waals surface area contributed by atoms with Crippen LogP contribution in [0.5, 0.6) is 0 Å². The molecule has 4 heteroatoms. The predicted molar refractivity (Wildman–Crippen MR) is 59.8 cm³/mol. The second kappa shape index (κ2) is 5.95. The molecule has 0 spiro atoms. The highest BCUT2D eigenvalue weighted by Gasteiger charge is 2.19. The normalized spacial score (nSPS) is 26.4. The fourth-order valence-corrected chi connectivity index (χ4v) is 1.57. The van der Waals surface area contributed by atoms with E-state index in [1.165, 1.54) is 0 Å². The van der Waals surface area contributed by atoms with Gasteiger partial charge >= 0.3 is 6.09 Å². The van der Waals surface area contributed by atoms with Gasteiger partial charge in [-0.25, -0.2) is 4.79 Å². The van der Waals surface area contributed by atoms with Crippen LogP contribution in [0.4, 0.5) is 4.79 Å². The van der Waals surface area contributed by atoms with Gasteiger partial charge in [0, 0.05) is 18.6 Å². The molecule has 0 aromatic carbocycles. The maximum atomic E-state index is 11.3. The quantitative estimate of drug-likeness (QED) is 0.748. The van der Waals surface area contributed by atoms with E-state index in [0.717, 1.165) is 19.4 Å². The van der Waals surface area contributed by atoms with E-state index in [4.69, 9.17) is 4.74 Å². The lowest BCUT2D eigenvalue weighted by atomic mass is 10.0. The Balaban J connectivity index is 2.15. The van der Waals surface area contributed by atoms with E-state index in [1.54, 1.807) is 0 Å². The zero-order valence-corrected chi connectivity index (χ0v) is 9.88. The van der Waals surface area contributed by atoms with Gasteiger partial charge < -0.3 is 15.4 Å². The third-order valence-corrected chi connectivity index (χ3v) is 2.53. The van der Waals surface area contributed by atoms with Gasteiger partial charge in [0.15, 0.2) is 0 Å². The number of amides is 1. The molecule has 15 heavy (non-hydrogen) atoms. The summed E-state index contributed by atoms with van der Waals surface area (Å²) in [4.78, 5) is 11.3. The summed E-state index contributed by atoms with van der Waals surface area (Å²) < 4.78 is 5.06. The van der Waals surface area contributed by atoms with Crippen LogP contribution in [0.15, 0.2) is 0 Å². The number of ether oxygens (including phenoxy) is 1. The molecule has 0 aromatic rings. The molecule has 1 heterocycles. The van der Waals surface area contributed by atoms with E-state index >= 15 is 0 Å². The van der Waals surface area contributed by atoms with Crippen molar-refractivity contribution in [1.82, 2.24) is 10.6 Å². The summed E-state index contributed by atoms with van der Waals surface area (Å²) in [6.45, 7) is 7.54. The first kappa shape index (κ1) is 12.3. The van der Waals surface area contributed by atoms with Gasteiger partial charge in [-0.3, -0.25) is 0 Å². The van der Waals surface area contributed by atoms with Crippen LogP contribution < -0.4 is 10.6 Å². The molecule has 1 aliphatic heterocycles. The van der Waals surface area contributed by atoms with Crippen LogP contribution in [0.2, 0.25) is 0 Å². The molecule has 0 radical (unpaired) electrons. The maximum Gasteiger partial charge on any atom is 0.407 e. The number of piperidine rings is 1. The predicted octanol–water partition coefficient (Wildman–Crippen LogP) is 1.51. The largest absolute Gasteiger partial charge is 0.449 e. The van der Waals surface area contributed by atoms with E-state index in [2.05, 4.69) is 17.6 Å². The summed E-state index contributed by atoms with van der Waals surface area (Å²) in [6.07, 6.45) is 1.85. The van der Waals surface area contributed by atoms with Gasteiger partial charge in [0.25, 0.3) is 0 Å². The van der Waals surface area contributed by atoms with Crippen molar-refractivity contribution in [2.45, 2.75) is 45.7 Å². The van der Waals surface area contributed by atoms with Gasteiger partial charge in [0.1, 0.15) is 0 Å². The van der Waals surface area contributed by atoms with Crippen LogP contribution in [0, 0.1) is 5.92 Å². The topological polar surface area (TPSA) is 50.4 Å². The van der Waals surface area contributed by atoms with E-state index in [1.807, 2.05) is 13.8 Å². The number of hydrogen-bond donors (Lipinski definition) is 2. The molecule has 0 saturated carbocycles. The minimum atomic E-state index is -0.287. The molecule has 0 aromatic heterocycles. The lowest BCUT2D eigenvalue weighted by Gasteiger charge is -2.28. The lowest BCUT2D eigenvalue weighted by molar-refractivity contribution is 0.127. The number of alkyl carbamates (subject to hydrolysis) is 1. The average Bonchev–Trinajstić information content (AvgIpc) is 2.19. The van der Waals surface area contributed by atoms with E-state index in [9.17, 15) is 4.79 Å². The summed E-state index contributed by atoms with van der Waals surface area (Å²) in [5, 5.41) is 6.20. The Bertz CT molecular complexity index is 199. The summed E-state index contributed by atoms with van der Waals surface area (Å²) >= 11 is 0. The number of nitrogens with one attached hydrogen (secondary N) is 2. The van der Waals surface area contributed by atoms with Gasteiger partial charge in [-0.15, -0.1) is 0 Å². The Morgan fingerprint density at radius 1 is 1.53 bits per heavy atom. The molecular weight excluding hydrogens is 192 g/mol. The first-order valence-electron chi connectivity index (χ1n) is 5.74. The smallest absolute Gasteiger partial charge is 0.407 e. The van der Waals surface area contributed by atoms with E-state index in [0.29, 0.717) is 18.6 Å². The number of rotatable bonds is 3. The molecule has 2 N–H and O–H groups in total. The summed E-state index contributed by atoms with van der Waals surface area (Å²) in [6, 6.07) is 0.788. The van der Waals surface area contributed by atoms with Gasteiger partial charge in [-0.2, -0.15) is 0 Å². The van der Waals surface area contributed by atoms with Gasteiger partial charge in [0.05, 0.1) is 6.61 Å². The van der Waals surface area contributed by atoms with Crippen LogP contribution in [-0.2, 0) is 4.74 Å². The van der Waals surface area contributed by atoms with E-state index < -0.39 is 0 Å². The van der Waals surface area contributed by atoms with Crippen molar-refractivity contribution < 1.29 is 9.53 Å². The summed E-state index contributed by atoms with van der Waals surface area (Å²) in [5.74, 6) is 0.389. The summed E-state index contributed by atoms with van der Waals surface area (Å²) in [5.41, 5.74) is 0. The average molecular weight is 214 g/mol. The summed E-state index contributed by atoms with van der Waals surface area (Å²) in [7, 11) is 0. The molecule has 1 rings (SSSR count). The monoisotopic (exact) mass is 214 g/mol. The highest BCUT2D eigenvalue weighted by atomic mass is 16.5. The van der Waals surface area contributed by atoms with Crippen LogP contribution in [0.3, 0.4) is 0 Å². The van der Waals surface area contributed by atoms with Crippen molar-refractivity contribution in [3.8, 4) is 0 Å². The van der Waals surface area contributed by atoms with Crippen LogP contribution in [0.25, 0.3) is 0 Å². The Kier molecular flexibility index (Phi) is 4.88. The van der Waals surface area contributed by atoms with Crippen molar-refractivity contribution >= 4 is 6.09 Å². The third-order valence-electron chi connectivity index (χ3n) is 2.53. The van der Waals surface area contributed by atoms with Crippen LogP contribution in [-0.4, -0.2) is 31.3 Å². The Morgan fingerprint density at radius 3 is 2.80 bits per heavy atom. The molecule has 1 amide bonds. The minimum Gasteiger partial charge on any atom is -0.449 e. The first-order chi connectivity index (χ1) is 7.08. The number of hydrogen-bond acceptors (Lipinski definition) is 3. The molecular formula is C11H22N2O2. The molecule has 0 bridgehead atoms.